The fraction of sp³-hybridized carbons (Fsp3) is 0.750. The van der Waals surface area contributed by atoms with Gasteiger partial charge in [-0.1, -0.05) is 6.92 Å². The second kappa shape index (κ2) is 4.82. The van der Waals surface area contributed by atoms with Crippen LogP contribution in [0.2, 0.25) is 5.82 Å². The molecule has 17 heavy (non-hydrogen) atoms. The lowest BCUT2D eigenvalue weighted by Gasteiger charge is -2.32. The Hall–Kier alpha value is -0.805. The lowest BCUT2D eigenvalue weighted by atomic mass is 9.73. The minimum atomic E-state index is -0.332. The van der Waals surface area contributed by atoms with Gasteiger partial charge < -0.3 is 14.0 Å². The van der Waals surface area contributed by atoms with Crippen molar-refractivity contribution in [3.05, 3.63) is 12.3 Å². The van der Waals surface area contributed by atoms with E-state index < -0.39 is 0 Å². The highest BCUT2D eigenvalue weighted by atomic mass is 16.7. The molecule has 1 aliphatic rings. The Labute approximate surface area is 103 Å². The molecule has 5 heteroatoms. The van der Waals surface area contributed by atoms with Crippen molar-refractivity contribution in [3.8, 4) is 0 Å². The van der Waals surface area contributed by atoms with E-state index in [2.05, 4.69) is 0 Å². The van der Waals surface area contributed by atoms with Gasteiger partial charge in [0.2, 0.25) is 0 Å². The maximum absolute atomic E-state index is 10.6. The first-order valence-electron chi connectivity index (χ1n) is 5.85. The van der Waals surface area contributed by atoms with Crippen molar-refractivity contribution in [2.75, 3.05) is 0 Å². The molecule has 0 bridgehead atoms. The van der Waals surface area contributed by atoms with Crippen LogP contribution in [0.5, 0.6) is 0 Å². The summed E-state index contributed by atoms with van der Waals surface area (Å²) in [5.74, 6) is -0.308. The Bertz CT molecular complexity index is 306. The summed E-state index contributed by atoms with van der Waals surface area (Å²) >= 11 is 0. The Morgan fingerprint density at radius 2 is 1.71 bits per heavy atom. The molecule has 0 radical (unpaired) electrons. The van der Waals surface area contributed by atoms with Crippen LogP contribution < -0.4 is 0 Å². The van der Waals surface area contributed by atoms with Gasteiger partial charge in [0.05, 0.1) is 17.5 Å². The number of ether oxygens (including phenoxy) is 1. The number of carbonyl (C=O) groups is 1. The predicted octanol–water partition coefficient (Wildman–Crippen LogP) is 2.55. The second-order valence-electron chi connectivity index (χ2n) is 5.42. The van der Waals surface area contributed by atoms with Crippen LogP contribution in [0, 0.1) is 0 Å². The molecular formula is C12H21BO4. The molecule has 1 heterocycles. The van der Waals surface area contributed by atoms with Crippen molar-refractivity contribution in [2.24, 2.45) is 0 Å². The van der Waals surface area contributed by atoms with Crippen LogP contribution in [-0.4, -0.2) is 24.3 Å². The normalized spacial score (nSPS) is 24.0. The fourth-order valence-electron chi connectivity index (χ4n) is 1.45. The average Bonchev–Trinajstić information content (AvgIpc) is 2.35. The van der Waals surface area contributed by atoms with Crippen LogP contribution in [0.3, 0.4) is 0 Å². The molecule has 1 saturated heterocycles. The lowest BCUT2D eigenvalue weighted by Crippen LogP contribution is -2.41. The standard InChI is InChI=1S/C12H21BO4/c1-9(7-8-15-10(2)14)13-16-11(3,4)12(5,6)17-13/h7-9H,1-6H3/b8-7+/t9-/m0/s1. The molecule has 1 fully saturated rings. The van der Waals surface area contributed by atoms with Crippen LogP contribution in [0.1, 0.15) is 41.5 Å². The van der Waals surface area contributed by atoms with Gasteiger partial charge in [-0.15, -0.1) is 0 Å². The van der Waals surface area contributed by atoms with Gasteiger partial charge in [0.1, 0.15) is 0 Å². The highest BCUT2D eigenvalue weighted by Crippen LogP contribution is 2.40. The van der Waals surface area contributed by atoms with Crippen LogP contribution in [0.15, 0.2) is 12.3 Å². The van der Waals surface area contributed by atoms with E-state index in [1.165, 1.54) is 13.2 Å². The fourth-order valence-corrected chi connectivity index (χ4v) is 1.45. The maximum atomic E-state index is 10.6. The molecule has 0 aromatic heterocycles. The first kappa shape index (κ1) is 14.3. The van der Waals surface area contributed by atoms with Crippen LogP contribution >= 0.6 is 0 Å². The third-order valence-corrected chi connectivity index (χ3v) is 3.32. The van der Waals surface area contributed by atoms with Gasteiger partial charge in [0.25, 0.3) is 0 Å². The van der Waals surface area contributed by atoms with E-state index in [0.29, 0.717) is 0 Å². The molecule has 0 aromatic carbocycles. The summed E-state index contributed by atoms with van der Waals surface area (Å²) in [5.41, 5.74) is -0.664. The molecule has 0 N–H and O–H groups in total. The van der Waals surface area contributed by atoms with Crippen molar-refractivity contribution >= 4 is 13.1 Å². The molecule has 0 aromatic rings. The van der Waals surface area contributed by atoms with Gasteiger partial charge >= 0.3 is 13.1 Å². The van der Waals surface area contributed by atoms with Crippen LogP contribution in [0.4, 0.5) is 0 Å². The summed E-state index contributed by atoms with van der Waals surface area (Å²) in [7, 11) is -0.313. The quantitative estimate of drug-likeness (QED) is 0.432. The van der Waals surface area contributed by atoms with E-state index in [4.69, 9.17) is 14.0 Å². The Morgan fingerprint density at radius 3 is 2.12 bits per heavy atom. The van der Waals surface area contributed by atoms with Gasteiger partial charge in [-0.05, 0) is 33.8 Å². The molecule has 1 atom stereocenters. The molecular weight excluding hydrogens is 219 g/mol. The van der Waals surface area contributed by atoms with Crippen molar-refractivity contribution in [1.29, 1.82) is 0 Å². The minimum Gasteiger partial charge on any atom is -0.435 e. The first-order valence-corrected chi connectivity index (χ1v) is 5.85. The number of hydrogen-bond acceptors (Lipinski definition) is 4. The number of carbonyl (C=O) groups excluding carboxylic acids is 1. The predicted molar refractivity (Wildman–Crippen MR) is 66.4 cm³/mol. The van der Waals surface area contributed by atoms with Crippen molar-refractivity contribution < 1.29 is 18.8 Å². The highest BCUT2D eigenvalue weighted by Gasteiger charge is 2.52. The van der Waals surface area contributed by atoms with Crippen molar-refractivity contribution in [2.45, 2.75) is 58.6 Å². The second-order valence-corrected chi connectivity index (χ2v) is 5.42. The van der Waals surface area contributed by atoms with Gasteiger partial charge in [-0.3, -0.25) is 4.79 Å². The molecule has 0 saturated carbocycles. The SMILES string of the molecule is CC(=O)O/C=C/[C@H](C)B1OC(C)(C)C(C)(C)O1. The summed E-state index contributed by atoms with van der Waals surface area (Å²) < 4.78 is 16.5. The van der Waals surface area contributed by atoms with E-state index >= 15 is 0 Å². The average molecular weight is 240 g/mol. The monoisotopic (exact) mass is 240 g/mol. The third kappa shape index (κ3) is 3.33. The summed E-state index contributed by atoms with van der Waals surface area (Å²) in [4.78, 5) is 10.6. The van der Waals surface area contributed by atoms with E-state index in [-0.39, 0.29) is 30.1 Å². The molecule has 1 rings (SSSR count). The van der Waals surface area contributed by atoms with Gasteiger partial charge in [0.15, 0.2) is 0 Å². The minimum absolute atomic E-state index is 0.0235. The topological polar surface area (TPSA) is 44.8 Å². The Morgan fingerprint density at radius 1 is 1.24 bits per heavy atom. The van der Waals surface area contributed by atoms with E-state index in [0.717, 1.165) is 0 Å². The zero-order chi connectivity index (χ0) is 13.3. The molecule has 0 unspecified atom stereocenters. The number of rotatable bonds is 3. The summed E-state index contributed by atoms with van der Waals surface area (Å²) in [5, 5.41) is 0. The summed E-state index contributed by atoms with van der Waals surface area (Å²) in [6.45, 7) is 11.4. The first-order chi connectivity index (χ1) is 7.66. The Kier molecular flexibility index (Phi) is 4.04. The number of esters is 1. The highest BCUT2D eigenvalue weighted by molar-refractivity contribution is 6.48. The zero-order valence-electron chi connectivity index (χ0n) is 11.4. The van der Waals surface area contributed by atoms with E-state index in [1.807, 2.05) is 34.6 Å². The largest absolute Gasteiger partial charge is 0.465 e. The van der Waals surface area contributed by atoms with Gasteiger partial charge in [-0.25, -0.2) is 0 Å². The summed E-state index contributed by atoms with van der Waals surface area (Å²) in [6.07, 6.45) is 3.15. The lowest BCUT2D eigenvalue weighted by molar-refractivity contribution is -0.135. The smallest absolute Gasteiger partial charge is 0.435 e. The number of hydrogen-bond donors (Lipinski definition) is 0. The van der Waals surface area contributed by atoms with Crippen molar-refractivity contribution in [3.63, 3.8) is 0 Å². The maximum Gasteiger partial charge on any atom is 0.465 e. The van der Waals surface area contributed by atoms with Gasteiger partial charge in [0, 0.05) is 12.7 Å². The molecule has 0 spiro atoms. The zero-order valence-corrected chi connectivity index (χ0v) is 11.4. The van der Waals surface area contributed by atoms with Crippen LogP contribution in [0.25, 0.3) is 0 Å². The van der Waals surface area contributed by atoms with Gasteiger partial charge in [-0.2, -0.15) is 0 Å². The molecule has 4 nitrogen and oxygen atoms in total. The molecule has 1 aliphatic heterocycles. The summed E-state index contributed by atoms with van der Waals surface area (Å²) in [6, 6.07) is 0. The number of allylic oxidation sites excluding steroid dienone is 1. The molecule has 96 valence electrons. The Balaban J connectivity index is 2.59. The van der Waals surface area contributed by atoms with Crippen molar-refractivity contribution in [1.82, 2.24) is 0 Å². The molecule has 0 aliphatic carbocycles. The van der Waals surface area contributed by atoms with E-state index in [1.54, 1.807) is 6.08 Å². The van der Waals surface area contributed by atoms with E-state index in [9.17, 15) is 4.79 Å². The molecule has 0 amide bonds. The third-order valence-electron chi connectivity index (χ3n) is 3.32. The van der Waals surface area contributed by atoms with Crippen LogP contribution in [-0.2, 0) is 18.8 Å².